The molecule has 2 atom stereocenters. The number of fused-ring (bicyclic) bond motifs is 1. The molecule has 136 valence electrons. The van der Waals surface area contributed by atoms with Crippen molar-refractivity contribution in [2.24, 2.45) is 17.3 Å². The summed E-state index contributed by atoms with van der Waals surface area (Å²) in [6, 6.07) is 8.05. The van der Waals surface area contributed by atoms with Gasteiger partial charge < -0.3 is 14.9 Å². The Balaban J connectivity index is 1.57. The number of carboxylic acid groups (broad SMARTS) is 2. The van der Waals surface area contributed by atoms with E-state index in [-0.39, 0.29) is 24.7 Å². The number of aliphatic carboxylic acids is 2. The van der Waals surface area contributed by atoms with Gasteiger partial charge >= 0.3 is 11.9 Å². The third kappa shape index (κ3) is 3.49. The van der Waals surface area contributed by atoms with Gasteiger partial charge in [0.15, 0.2) is 5.41 Å². The van der Waals surface area contributed by atoms with Gasteiger partial charge in [-0.05, 0) is 48.8 Å². The molecule has 6 nitrogen and oxygen atoms in total. The zero-order chi connectivity index (χ0) is 18.0. The third-order valence-corrected chi connectivity index (χ3v) is 5.49. The maximum atomic E-state index is 11.5. The fourth-order valence-electron chi connectivity index (χ4n) is 4.22. The van der Waals surface area contributed by atoms with E-state index >= 15 is 0 Å². The molecule has 2 fully saturated rings. The van der Waals surface area contributed by atoms with Gasteiger partial charge in [0.05, 0.1) is 6.61 Å². The highest BCUT2D eigenvalue weighted by Crippen LogP contribution is 2.49. The Morgan fingerprint density at radius 1 is 1.12 bits per heavy atom. The van der Waals surface area contributed by atoms with Crippen molar-refractivity contribution in [3.8, 4) is 5.75 Å². The Kier molecular flexibility index (Phi) is 4.99. The predicted molar refractivity (Wildman–Crippen MR) is 91.4 cm³/mol. The summed E-state index contributed by atoms with van der Waals surface area (Å²) in [5.74, 6) is -1.21. The van der Waals surface area contributed by atoms with Crippen LogP contribution in [-0.2, 0) is 16.1 Å². The van der Waals surface area contributed by atoms with Crippen LogP contribution >= 0.6 is 0 Å². The molecular weight excluding hydrogens is 322 g/mol. The van der Waals surface area contributed by atoms with E-state index in [9.17, 15) is 19.8 Å². The highest BCUT2D eigenvalue weighted by Gasteiger charge is 2.58. The van der Waals surface area contributed by atoms with Gasteiger partial charge in [-0.1, -0.05) is 19.1 Å². The number of hydrogen-bond donors (Lipinski definition) is 2. The number of nitrogens with zero attached hydrogens (tertiary/aromatic N) is 1. The minimum absolute atomic E-state index is 0.152. The highest BCUT2D eigenvalue weighted by molar-refractivity contribution is 5.98. The van der Waals surface area contributed by atoms with Gasteiger partial charge in [0.2, 0.25) is 0 Å². The molecule has 1 aliphatic heterocycles. The first-order valence-corrected chi connectivity index (χ1v) is 8.85. The number of likely N-dealkylation sites (tertiary alicyclic amines) is 1. The zero-order valence-corrected chi connectivity index (χ0v) is 14.5. The third-order valence-electron chi connectivity index (χ3n) is 5.49. The quantitative estimate of drug-likeness (QED) is 0.737. The fourth-order valence-corrected chi connectivity index (χ4v) is 4.22. The average molecular weight is 347 g/mol. The second-order valence-electron chi connectivity index (χ2n) is 7.31. The summed E-state index contributed by atoms with van der Waals surface area (Å²) >= 11 is 0. The lowest BCUT2D eigenvalue weighted by Gasteiger charge is -2.23. The lowest BCUT2D eigenvalue weighted by Crippen LogP contribution is -2.38. The second-order valence-corrected chi connectivity index (χ2v) is 7.31. The Bertz CT molecular complexity index is 612. The van der Waals surface area contributed by atoms with Crippen molar-refractivity contribution in [1.29, 1.82) is 0 Å². The number of carbonyl (C=O) groups is 2. The van der Waals surface area contributed by atoms with E-state index in [0.29, 0.717) is 6.61 Å². The number of benzene rings is 1. The zero-order valence-electron chi connectivity index (χ0n) is 14.5. The van der Waals surface area contributed by atoms with Crippen LogP contribution < -0.4 is 4.74 Å². The van der Waals surface area contributed by atoms with Crippen LogP contribution in [0.1, 0.15) is 31.7 Å². The second kappa shape index (κ2) is 7.04. The van der Waals surface area contributed by atoms with Crippen LogP contribution in [0.25, 0.3) is 0 Å². The van der Waals surface area contributed by atoms with E-state index in [2.05, 4.69) is 24.0 Å². The normalized spacial score (nSPS) is 24.8. The SMILES string of the molecule is CCCOc1ccc(CN2CC3CC(C(=O)O)(C(=O)O)CC3C2)cc1. The molecule has 1 aromatic rings. The largest absolute Gasteiger partial charge is 0.494 e. The molecule has 25 heavy (non-hydrogen) atoms. The molecule has 0 radical (unpaired) electrons. The molecule has 0 aromatic heterocycles. The highest BCUT2D eigenvalue weighted by atomic mass is 16.5. The molecular formula is C19H25NO5. The molecule has 1 aliphatic carbocycles. The Morgan fingerprint density at radius 3 is 2.16 bits per heavy atom. The predicted octanol–water partition coefficient (Wildman–Crippen LogP) is 2.47. The number of hydrogen-bond acceptors (Lipinski definition) is 4. The van der Waals surface area contributed by atoms with Gasteiger partial charge in [-0.15, -0.1) is 0 Å². The van der Waals surface area contributed by atoms with Crippen LogP contribution in [0.3, 0.4) is 0 Å². The van der Waals surface area contributed by atoms with Crippen molar-refractivity contribution >= 4 is 11.9 Å². The summed E-state index contributed by atoms with van der Waals surface area (Å²) < 4.78 is 5.58. The number of carboxylic acids is 2. The molecule has 6 heteroatoms. The van der Waals surface area contributed by atoms with Gasteiger partial charge in [-0.2, -0.15) is 0 Å². The van der Waals surface area contributed by atoms with Crippen LogP contribution in [0.4, 0.5) is 0 Å². The molecule has 1 heterocycles. The topological polar surface area (TPSA) is 87.1 Å². The summed E-state index contributed by atoms with van der Waals surface area (Å²) in [7, 11) is 0. The summed E-state index contributed by atoms with van der Waals surface area (Å²) in [5, 5.41) is 18.7. The van der Waals surface area contributed by atoms with Crippen molar-refractivity contribution in [3.05, 3.63) is 29.8 Å². The van der Waals surface area contributed by atoms with E-state index in [1.807, 2.05) is 12.1 Å². The lowest BCUT2D eigenvalue weighted by molar-refractivity contribution is -0.164. The van der Waals surface area contributed by atoms with Crippen molar-refractivity contribution in [3.63, 3.8) is 0 Å². The van der Waals surface area contributed by atoms with Crippen LogP contribution in [0.15, 0.2) is 24.3 Å². The standard InChI is InChI=1S/C19H25NO5/c1-2-7-25-16-5-3-13(4-6-16)10-20-11-14-8-19(17(21)22,18(23)24)9-15(14)12-20/h3-6,14-15H,2,7-12H2,1H3,(H,21,22)(H,23,24). The molecule has 0 bridgehead atoms. The Morgan fingerprint density at radius 2 is 1.68 bits per heavy atom. The van der Waals surface area contributed by atoms with Gasteiger partial charge in [0.1, 0.15) is 5.75 Å². The van der Waals surface area contributed by atoms with Gasteiger partial charge in [0.25, 0.3) is 0 Å². The molecule has 0 amide bonds. The molecule has 3 rings (SSSR count). The van der Waals surface area contributed by atoms with E-state index in [1.165, 1.54) is 5.56 Å². The molecule has 1 aromatic carbocycles. The van der Waals surface area contributed by atoms with Crippen molar-refractivity contribution in [1.82, 2.24) is 4.90 Å². The Labute approximate surface area is 147 Å². The van der Waals surface area contributed by atoms with Gasteiger partial charge in [-0.25, -0.2) is 0 Å². The minimum Gasteiger partial charge on any atom is -0.494 e. The summed E-state index contributed by atoms with van der Waals surface area (Å²) in [5.41, 5.74) is -0.397. The maximum Gasteiger partial charge on any atom is 0.321 e. The first kappa shape index (κ1) is 17.7. The molecule has 2 aliphatic rings. The smallest absolute Gasteiger partial charge is 0.321 e. The van der Waals surface area contributed by atoms with E-state index in [4.69, 9.17) is 4.74 Å². The number of ether oxygens (including phenoxy) is 1. The van der Waals surface area contributed by atoms with Crippen LogP contribution in [-0.4, -0.2) is 46.7 Å². The monoisotopic (exact) mass is 347 g/mol. The molecule has 1 saturated carbocycles. The fraction of sp³-hybridized carbons (Fsp3) is 0.579. The first-order chi connectivity index (χ1) is 11.9. The van der Waals surface area contributed by atoms with Crippen molar-refractivity contribution in [2.75, 3.05) is 19.7 Å². The van der Waals surface area contributed by atoms with Crippen LogP contribution in [0.5, 0.6) is 5.75 Å². The van der Waals surface area contributed by atoms with E-state index < -0.39 is 17.4 Å². The maximum absolute atomic E-state index is 11.5. The van der Waals surface area contributed by atoms with Crippen molar-refractivity contribution < 1.29 is 24.5 Å². The minimum atomic E-state index is -1.58. The molecule has 2 unspecified atom stereocenters. The lowest BCUT2D eigenvalue weighted by atomic mass is 9.85. The van der Waals surface area contributed by atoms with Crippen LogP contribution in [0.2, 0.25) is 0 Å². The average Bonchev–Trinajstić information content (AvgIpc) is 3.10. The van der Waals surface area contributed by atoms with Crippen LogP contribution in [0, 0.1) is 17.3 Å². The van der Waals surface area contributed by atoms with Crippen molar-refractivity contribution in [2.45, 2.75) is 32.7 Å². The molecule has 0 spiro atoms. The molecule has 1 saturated heterocycles. The summed E-state index contributed by atoms with van der Waals surface area (Å²) in [4.78, 5) is 25.2. The first-order valence-electron chi connectivity index (χ1n) is 8.85. The molecule has 2 N–H and O–H groups in total. The Hall–Kier alpha value is -2.08. The number of rotatable bonds is 7. The summed E-state index contributed by atoms with van der Waals surface area (Å²) in [6.45, 7) is 5.11. The van der Waals surface area contributed by atoms with Gasteiger partial charge in [0, 0.05) is 19.6 Å². The van der Waals surface area contributed by atoms with E-state index in [0.717, 1.165) is 31.8 Å². The van der Waals surface area contributed by atoms with E-state index in [1.54, 1.807) is 0 Å². The van der Waals surface area contributed by atoms with Gasteiger partial charge in [-0.3, -0.25) is 14.5 Å². The summed E-state index contributed by atoms with van der Waals surface area (Å²) in [6.07, 6.45) is 1.46.